The molecule has 0 aromatic heterocycles. The van der Waals surface area contributed by atoms with Gasteiger partial charge >= 0.3 is 5.97 Å². The minimum absolute atomic E-state index is 0.254. The number of carbonyl (C=O) groups is 2. The molecule has 2 atom stereocenters. The number of aliphatic carboxylic acids is 1. The highest BCUT2D eigenvalue weighted by Gasteiger charge is 2.34. The molecule has 0 bridgehead atoms. The van der Waals surface area contributed by atoms with Gasteiger partial charge in [-0.3, -0.25) is 9.59 Å². The van der Waals surface area contributed by atoms with Crippen molar-refractivity contribution in [2.24, 2.45) is 11.8 Å². The van der Waals surface area contributed by atoms with Gasteiger partial charge in [-0.1, -0.05) is 12.2 Å². The zero-order valence-corrected chi connectivity index (χ0v) is 10.6. The number of rotatable bonds is 3. The van der Waals surface area contributed by atoms with Crippen molar-refractivity contribution in [1.29, 1.82) is 0 Å². The van der Waals surface area contributed by atoms with Gasteiger partial charge in [-0.15, -0.1) is 0 Å². The van der Waals surface area contributed by atoms with E-state index in [1.54, 1.807) is 19.1 Å². The summed E-state index contributed by atoms with van der Waals surface area (Å²) in [6.45, 7) is 1.70. The Morgan fingerprint density at radius 1 is 1.16 bits per heavy atom. The fourth-order valence-corrected chi connectivity index (χ4v) is 2.47. The maximum absolute atomic E-state index is 13.3. The monoisotopic (exact) mass is 262 g/mol. The third kappa shape index (κ3) is 2.89. The quantitative estimate of drug-likeness (QED) is 0.673. The molecule has 2 rings (SSSR count). The van der Waals surface area contributed by atoms with Crippen LogP contribution in [0.3, 0.4) is 0 Å². The number of Topliss-reactive ketones (excluding diaryl/α,β-unsaturated/α-hetero) is 1. The Balaban J connectivity index is 2.31. The average Bonchev–Trinajstić information content (AvgIpc) is 2.36. The summed E-state index contributed by atoms with van der Waals surface area (Å²) in [5, 5.41) is 9.15. The second-order valence-electron chi connectivity index (χ2n) is 4.88. The number of hydrogen-bond acceptors (Lipinski definition) is 2. The lowest BCUT2D eigenvalue weighted by atomic mass is 9.78. The highest BCUT2D eigenvalue weighted by Crippen LogP contribution is 2.29. The first-order chi connectivity index (χ1) is 8.99. The molecule has 0 fully saturated rings. The van der Waals surface area contributed by atoms with Crippen LogP contribution in [0.15, 0.2) is 30.4 Å². The molecule has 1 aromatic rings. The zero-order chi connectivity index (χ0) is 14.0. The van der Waals surface area contributed by atoms with Gasteiger partial charge in [0.05, 0.1) is 5.92 Å². The van der Waals surface area contributed by atoms with Gasteiger partial charge in [0.1, 0.15) is 5.82 Å². The lowest BCUT2D eigenvalue weighted by Gasteiger charge is -2.24. The van der Waals surface area contributed by atoms with E-state index in [-0.39, 0.29) is 11.3 Å². The molecule has 1 aliphatic rings. The van der Waals surface area contributed by atoms with Gasteiger partial charge in [0.25, 0.3) is 0 Å². The summed E-state index contributed by atoms with van der Waals surface area (Å²) in [5.41, 5.74) is 0.908. The smallest absolute Gasteiger partial charge is 0.307 e. The van der Waals surface area contributed by atoms with E-state index in [1.807, 2.05) is 6.08 Å². The Labute approximate surface area is 110 Å². The molecule has 0 saturated carbocycles. The van der Waals surface area contributed by atoms with Crippen molar-refractivity contribution < 1.29 is 19.1 Å². The number of aryl methyl sites for hydroxylation is 1. The lowest BCUT2D eigenvalue weighted by molar-refractivity contribution is -0.143. The van der Waals surface area contributed by atoms with E-state index >= 15 is 0 Å². The van der Waals surface area contributed by atoms with E-state index in [9.17, 15) is 14.0 Å². The molecule has 0 radical (unpaired) electrons. The van der Waals surface area contributed by atoms with E-state index in [4.69, 9.17) is 5.11 Å². The van der Waals surface area contributed by atoms with E-state index in [0.717, 1.165) is 0 Å². The fraction of sp³-hybridized carbons (Fsp3) is 0.333. The Morgan fingerprint density at radius 3 is 2.37 bits per heavy atom. The molecule has 0 spiro atoms. The first kappa shape index (κ1) is 13.5. The first-order valence-electron chi connectivity index (χ1n) is 6.18. The van der Waals surface area contributed by atoms with Gasteiger partial charge < -0.3 is 5.11 Å². The minimum atomic E-state index is -0.976. The van der Waals surface area contributed by atoms with Crippen LogP contribution >= 0.6 is 0 Å². The molecular formula is C15H15FO3. The highest BCUT2D eigenvalue weighted by atomic mass is 19.1. The second-order valence-corrected chi connectivity index (χ2v) is 4.88. The molecule has 1 aliphatic carbocycles. The minimum Gasteiger partial charge on any atom is -0.481 e. The fourth-order valence-electron chi connectivity index (χ4n) is 2.47. The van der Waals surface area contributed by atoms with Crippen molar-refractivity contribution in [2.45, 2.75) is 19.8 Å². The average molecular weight is 262 g/mol. The molecule has 4 heteroatoms. The molecule has 100 valence electrons. The second kappa shape index (κ2) is 5.34. The van der Waals surface area contributed by atoms with Crippen molar-refractivity contribution in [3.8, 4) is 0 Å². The third-order valence-corrected chi connectivity index (χ3v) is 3.41. The Bertz CT molecular complexity index is 528. The van der Waals surface area contributed by atoms with Gasteiger partial charge in [-0.25, -0.2) is 4.39 Å². The summed E-state index contributed by atoms with van der Waals surface area (Å²) in [7, 11) is 0. The Hall–Kier alpha value is -1.97. The maximum atomic E-state index is 13.3. The van der Waals surface area contributed by atoms with Crippen LogP contribution in [0.4, 0.5) is 4.39 Å². The number of carboxylic acids is 1. The summed E-state index contributed by atoms with van der Waals surface area (Å²) in [4.78, 5) is 23.5. The van der Waals surface area contributed by atoms with Crippen LogP contribution in [0, 0.1) is 24.6 Å². The molecule has 0 saturated heterocycles. The van der Waals surface area contributed by atoms with Gasteiger partial charge in [-0.2, -0.15) is 0 Å². The number of ketones is 1. The van der Waals surface area contributed by atoms with Crippen molar-refractivity contribution in [3.63, 3.8) is 0 Å². The molecule has 19 heavy (non-hydrogen) atoms. The Morgan fingerprint density at radius 2 is 1.79 bits per heavy atom. The largest absolute Gasteiger partial charge is 0.481 e. The summed E-state index contributed by atoms with van der Waals surface area (Å²) in [6, 6.07) is 4.11. The molecule has 0 amide bonds. The molecule has 1 N–H and O–H groups in total. The highest BCUT2D eigenvalue weighted by molar-refractivity contribution is 6.00. The molecule has 3 nitrogen and oxygen atoms in total. The number of hydrogen-bond donors (Lipinski definition) is 1. The van der Waals surface area contributed by atoms with Crippen LogP contribution in [-0.2, 0) is 4.79 Å². The van der Waals surface area contributed by atoms with Crippen LogP contribution in [0.25, 0.3) is 0 Å². The van der Waals surface area contributed by atoms with Crippen LogP contribution in [0.1, 0.15) is 28.8 Å². The third-order valence-electron chi connectivity index (χ3n) is 3.41. The van der Waals surface area contributed by atoms with E-state index < -0.39 is 23.6 Å². The summed E-state index contributed by atoms with van der Waals surface area (Å²) in [5.74, 6) is -3.07. The standard InChI is InChI=1S/C15H15FO3/c1-9-6-10(8-11(16)7-9)14(17)12-4-2-3-5-13(12)15(18)19/h2-3,6-8,12-13H,4-5H2,1H3,(H,18,19). The molecule has 0 aliphatic heterocycles. The Kier molecular flexibility index (Phi) is 3.79. The van der Waals surface area contributed by atoms with E-state index in [0.29, 0.717) is 18.4 Å². The summed E-state index contributed by atoms with van der Waals surface area (Å²) < 4.78 is 13.3. The van der Waals surface area contributed by atoms with Crippen molar-refractivity contribution >= 4 is 11.8 Å². The molecule has 2 unspecified atom stereocenters. The van der Waals surface area contributed by atoms with Gasteiger partial charge in [-0.05, 0) is 43.5 Å². The summed E-state index contributed by atoms with van der Waals surface area (Å²) in [6.07, 6.45) is 4.33. The number of allylic oxidation sites excluding steroid dienone is 2. The summed E-state index contributed by atoms with van der Waals surface area (Å²) >= 11 is 0. The van der Waals surface area contributed by atoms with E-state index in [2.05, 4.69) is 0 Å². The predicted molar refractivity (Wildman–Crippen MR) is 68.5 cm³/mol. The predicted octanol–water partition coefficient (Wildman–Crippen LogP) is 2.98. The van der Waals surface area contributed by atoms with Gasteiger partial charge in [0, 0.05) is 11.5 Å². The van der Waals surface area contributed by atoms with Gasteiger partial charge in [0.2, 0.25) is 0 Å². The molecule has 1 aromatic carbocycles. The van der Waals surface area contributed by atoms with Crippen LogP contribution < -0.4 is 0 Å². The van der Waals surface area contributed by atoms with Crippen LogP contribution in [0.5, 0.6) is 0 Å². The number of carbonyl (C=O) groups excluding carboxylic acids is 1. The van der Waals surface area contributed by atoms with Crippen molar-refractivity contribution in [2.75, 3.05) is 0 Å². The van der Waals surface area contributed by atoms with Crippen molar-refractivity contribution in [3.05, 3.63) is 47.3 Å². The molecule has 0 heterocycles. The van der Waals surface area contributed by atoms with Gasteiger partial charge in [0.15, 0.2) is 5.78 Å². The SMILES string of the molecule is Cc1cc(F)cc(C(=O)C2CC=CCC2C(=O)O)c1. The number of benzene rings is 1. The number of halogens is 1. The van der Waals surface area contributed by atoms with Crippen LogP contribution in [0.2, 0.25) is 0 Å². The molecular weight excluding hydrogens is 247 g/mol. The van der Waals surface area contributed by atoms with E-state index in [1.165, 1.54) is 12.1 Å². The topological polar surface area (TPSA) is 54.4 Å². The zero-order valence-electron chi connectivity index (χ0n) is 10.6. The maximum Gasteiger partial charge on any atom is 0.307 e. The first-order valence-corrected chi connectivity index (χ1v) is 6.18. The lowest BCUT2D eigenvalue weighted by Crippen LogP contribution is -2.31. The normalized spacial score (nSPS) is 22.2. The number of carboxylic acid groups (broad SMARTS) is 1. The van der Waals surface area contributed by atoms with Crippen LogP contribution in [-0.4, -0.2) is 16.9 Å². The van der Waals surface area contributed by atoms with Crippen molar-refractivity contribution in [1.82, 2.24) is 0 Å².